The molecule has 0 rings (SSSR count). The number of nitrogens with one attached hydrogen (secondary N) is 1. The molecule has 0 aromatic heterocycles. The van der Waals surface area contributed by atoms with Crippen molar-refractivity contribution in [2.75, 3.05) is 25.4 Å². The summed E-state index contributed by atoms with van der Waals surface area (Å²) in [6, 6.07) is 0. The Bertz CT molecular complexity index is 254. The van der Waals surface area contributed by atoms with Crippen LogP contribution in [0.4, 0.5) is 0 Å². The summed E-state index contributed by atoms with van der Waals surface area (Å²) < 4.78 is 22.7. The van der Waals surface area contributed by atoms with Gasteiger partial charge in [0.1, 0.15) is 0 Å². The molecule has 0 fully saturated rings. The lowest BCUT2D eigenvalue weighted by atomic mass is 10.3. The Morgan fingerprint density at radius 3 is 2.20 bits per heavy atom. The summed E-state index contributed by atoms with van der Waals surface area (Å²) in [6.45, 7) is 6.60. The fourth-order valence-corrected chi connectivity index (χ4v) is 2.02. The van der Waals surface area contributed by atoms with Gasteiger partial charge in [0.2, 0.25) is 0 Å². The quantitative estimate of drug-likeness (QED) is 0.635. The maximum Gasteiger partial charge on any atom is 0.156 e. The topological polar surface area (TPSA) is 66.4 Å². The van der Waals surface area contributed by atoms with E-state index in [0.717, 1.165) is 19.4 Å². The largest absolute Gasteiger partial charge is 0.396 e. The molecule has 0 atom stereocenters. The molecule has 0 saturated carbocycles. The fraction of sp³-hybridized carbons (Fsp3) is 1.00. The lowest BCUT2D eigenvalue weighted by Gasteiger charge is -2.19. The molecule has 2 N–H and O–H groups in total. The number of hydrogen-bond acceptors (Lipinski definition) is 4. The number of aliphatic hydroxyl groups excluding tert-OH is 1. The zero-order valence-corrected chi connectivity index (χ0v) is 10.7. The molecule has 5 heteroatoms. The van der Waals surface area contributed by atoms with Gasteiger partial charge in [-0.2, -0.15) is 0 Å². The highest BCUT2D eigenvalue weighted by atomic mass is 32.2. The van der Waals surface area contributed by atoms with Crippen molar-refractivity contribution in [1.29, 1.82) is 0 Å². The van der Waals surface area contributed by atoms with E-state index in [2.05, 4.69) is 5.32 Å². The van der Waals surface area contributed by atoms with Crippen LogP contribution in [0.25, 0.3) is 0 Å². The summed E-state index contributed by atoms with van der Waals surface area (Å²) >= 11 is 0. The number of sulfone groups is 1. The molecule has 0 bridgehead atoms. The first kappa shape index (κ1) is 14.9. The van der Waals surface area contributed by atoms with Gasteiger partial charge in [-0.05, 0) is 40.2 Å². The number of hydrogen-bond donors (Lipinski definition) is 2. The molecule has 0 spiro atoms. The van der Waals surface area contributed by atoms with E-state index in [9.17, 15) is 8.42 Å². The fourth-order valence-electron chi connectivity index (χ4n) is 1.000. The van der Waals surface area contributed by atoms with Crippen LogP contribution < -0.4 is 5.32 Å². The zero-order valence-electron chi connectivity index (χ0n) is 9.91. The predicted octanol–water partition coefficient (Wildman–Crippen LogP) is 0.562. The second-order valence-electron chi connectivity index (χ2n) is 4.61. The first-order valence-electron chi connectivity index (χ1n) is 5.35. The average Bonchev–Trinajstić information content (AvgIpc) is 2.09. The Morgan fingerprint density at radius 1 is 1.13 bits per heavy atom. The molecule has 0 unspecified atom stereocenters. The van der Waals surface area contributed by atoms with Gasteiger partial charge in [-0.25, -0.2) is 8.42 Å². The van der Waals surface area contributed by atoms with Crippen molar-refractivity contribution in [1.82, 2.24) is 5.32 Å². The van der Waals surface area contributed by atoms with Crippen LogP contribution in [-0.2, 0) is 9.84 Å². The lowest BCUT2D eigenvalue weighted by Crippen LogP contribution is -2.34. The van der Waals surface area contributed by atoms with Gasteiger partial charge in [0, 0.05) is 13.2 Å². The highest BCUT2D eigenvalue weighted by Crippen LogP contribution is 2.15. The Morgan fingerprint density at radius 2 is 1.73 bits per heavy atom. The summed E-state index contributed by atoms with van der Waals surface area (Å²) in [7, 11) is -3.00. The molecule has 15 heavy (non-hydrogen) atoms. The van der Waals surface area contributed by atoms with E-state index >= 15 is 0 Å². The van der Waals surface area contributed by atoms with E-state index in [0.29, 0.717) is 6.54 Å². The molecule has 0 aromatic carbocycles. The van der Waals surface area contributed by atoms with Gasteiger partial charge in [0.25, 0.3) is 0 Å². The number of aliphatic hydroxyl groups is 1. The second-order valence-corrected chi connectivity index (χ2v) is 7.47. The van der Waals surface area contributed by atoms with Gasteiger partial charge >= 0.3 is 0 Å². The van der Waals surface area contributed by atoms with Crippen molar-refractivity contribution in [2.45, 2.75) is 38.4 Å². The maximum absolute atomic E-state index is 11.7. The predicted molar refractivity (Wildman–Crippen MR) is 62.7 cm³/mol. The van der Waals surface area contributed by atoms with Crippen molar-refractivity contribution in [3.05, 3.63) is 0 Å². The maximum atomic E-state index is 11.7. The minimum absolute atomic E-state index is 0.176. The van der Waals surface area contributed by atoms with Gasteiger partial charge in [-0.1, -0.05) is 0 Å². The third kappa shape index (κ3) is 6.12. The standard InChI is InChI=1S/C10H23NO3S/c1-10(2,3)15(13,14)9-7-11-6-4-5-8-12/h11-12H,4-9H2,1-3H3. The summed E-state index contributed by atoms with van der Waals surface area (Å²) in [4.78, 5) is 0. The zero-order chi connectivity index (χ0) is 11.9. The molecule has 4 nitrogen and oxygen atoms in total. The highest BCUT2D eigenvalue weighted by molar-refractivity contribution is 7.92. The van der Waals surface area contributed by atoms with Crippen molar-refractivity contribution in [3.63, 3.8) is 0 Å². The number of unbranched alkanes of at least 4 members (excludes halogenated alkanes) is 1. The molecule has 0 radical (unpaired) electrons. The number of rotatable bonds is 7. The Balaban J connectivity index is 3.69. The molecular weight excluding hydrogens is 214 g/mol. The third-order valence-electron chi connectivity index (χ3n) is 2.24. The van der Waals surface area contributed by atoms with Crippen LogP contribution in [-0.4, -0.2) is 43.7 Å². The molecule has 0 aliphatic rings. The van der Waals surface area contributed by atoms with Gasteiger partial charge in [-0.3, -0.25) is 0 Å². The summed E-state index contributed by atoms with van der Waals surface area (Å²) in [5, 5.41) is 11.6. The van der Waals surface area contributed by atoms with Crippen molar-refractivity contribution in [3.8, 4) is 0 Å². The Kier molecular flexibility index (Phi) is 6.40. The Hall–Kier alpha value is -0.130. The van der Waals surface area contributed by atoms with Crippen molar-refractivity contribution in [2.24, 2.45) is 0 Å². The molecule has 0 aliphatic heterocycles. The average molecular weight is 237 g/mol. The second kappa shape index (κ2) is 6.45. The smallest absolute Gasteiger partial charge is 0.156 e. The molecule has 0 aromatic rings. The van der Waals surface area contributed by atoms with Crippen molar-refractivity contribution >= 4 is 9.84 Å². The Labute approximate surface area is 93.0 Å². The van der Waals surface area contributed by atoms with E-state index in [-0.39, 0.29) is 12.4 Å². The summed E-state index contributed by atoms with van der Waals surface area (Å²) in [5.74, 6) is 0.176. The van der Waals surface area contributed by atoms with Crippen LogP contribution in [0.2, 0.25) is 0 Å². The van der Waals surface area contributed by atoms with Crippen LogP contribution in [0.1, 0.15) is 33.6 Å². The van der Waals surface area contributed by atoms with Crippen LogP contribution in [0.5, 0.6) is 0 Å². The SMILES string of the molecule is CC(C)(C)S(=O)(=O)CCNCCCCO. The molecular formula is C10H23NO3S. The first-order chi connectivity index (χ1) is 6.81. The van der Waals surface area contributed by atoms with Crippen molar-refractivity contribution < 1.29 is 13.5 Å². The van der Waals surface area contributed by atoms with Gasteiger partial charge in [0.05, 0.1) is 10.5 Å². The molecule has 92 valence electrons. The summed E-state index contributed by atoms with van der Waals surface area (Å²) in [6.07, 6.45) is 1.64. The minimum atomic E-state index is -3.00. The van der Waals surface area contributed by atoms with E-state index in [4.69, 9.17) is 5.11 Å². The van der Waals surface area contributed by atoms with Crippen LogP contribution in [0, 0.1) is 0 Å². The normalized spacial score (nSPS) is 13.1. The van der Waals surface area contributed by atoms with E-state index in [1.165, 1.54) is 0 Å². The van der Waals surface area contributed by atoms with Crippen LogP contribution in [0.15, 0.2) is 0 Å². The monoisotopic (exact) mass is 237 g/mol. The molecule has 0 aliphatic carbocycles. The molecule has 0 heterocycles. The van der Waals surface area contributed by atoms with Gasteiger partial charge in [0.15, 0.2) is 9.84 Å². The molecule has 0 amide bonds. The first-order valence-corrected chi connectivity index (χ1v) is 7.00. The van der Waals surface area contributed by atoms with Gasteiger partial charge in [-0.15, -0.1) is 0 Å². The van der Waals surface area contributed by atoms with Gasteiger partial charge < -0.3 is 10.4 Å². The lowest BCUT2D eigenvalue weighted by molar-refractivity contribution is 0.284. The third-order valence-corrected chi connectivity index (χ3v) is 4.85. The van der Waals surface area contributed by atoms with Crippen LogP contribution in [0.3, 0.4) is 0 Å². The van der Waals surface area contributed by atoms with Crippen LogP contribution >= 0.6 is 0 Å². The highest BCUT2D eigenvalue weighted by Gasteiger charge is 2.27. The van der Waals surface area contributed by atoms with E-state index in [1.807, 2.05) is 0 Å². The molecule has 0 saturated heterocycles. The van der Waals surface area contributed by atoms with E-state index in [1.54, 1.807) is 20.8 Å². The van der Waals surface area contributed by atoms with E-state index < -0.39 is 14.6 Å². The minimum Gasteiger partial charge on any atom is -0.396 e. The summed E-state index contributed by atoms with van der Waals surface area (Å²) in [5.41, 5.74) is 0.